The van der Waals surface area contributed by atoms with Gasteiger partial charge in [-0.05, 0) is 31.0 Å². The predicted molar refractivity (Wildman–Crippen MR) is 91.4 cm³/mol. The average molecular weight is 346 g/mol. The first-order valence-corrected chi connectivity index (χ1v) is 7.91. The molecule has 0 spiro atoms. The Morgan fingerprint density at radius 3 is 2.71 bits per heavy atom. The van der Waals surface area contributed by atoms with Crippen LogP contribution in [0.25, 0.3) is 0 Å². The van der Waals surface area contributed by atoms with E-state index in [4.69, 9.17) is 17.3 Å². The van der Waals surface area contributed by atoms with E-state index in [2.05, 4.69) is 15.3 Å². The molecule has 3 N–H and O–H groups in total. The van der Waals surface area contributed by atoms with Crippen molar-refractivity contribution in [1.82, 2.24) is 9.97 Å². The molecule has 8 heteroatoms. The molecule has 2 amide bonds. The number of rotatable bonds is 4. The number of nitrogens with one attached hydrogen (secondary N) is 1. The summed E-state index contributed by atoms with van der Waals surface area (Å²) in [6, 6.07) is 6.35. The molecule has 1 saturated heterocycles. The maximum Gasteiger partial charge on any atom is 0.276 e. The molecule has 1 fully saturated rings. The Morgan fingerprint density at radius 1 is 1.25 bits per heavy atom. The molecule has 0 atom stereocenters. The molecule has 0 unspecified atom stereocenters. The highest BCUT2D eigenvalue weighted by atomic mass is 35.5. The second-order valence-corrected chi connectivity index (χ2v) is 5.87. The number of anilines is 2. The number of primary amides is 1. The summed E-state index contributed by atoms with van der Waals surface area (Å²) in [5.74, 6) is -0.542. The summed E-state index contributed by atoms with van der Waals surface area (Å²) in [4.78, 5) is 34.2. The lowest BCUT2D eigenvalue weighted by atomic mass is 10.2. The molecule has 1 aliphatic rings. The molecular weight excluding hydrogens is 330 g/mol. The Bertz CT molecular complexity index is 790. The van der Waals surface area contributed by atoms with E-state index in [0.29, 0.717) is 17.2 Å². The summed E-state index contributed by atoms with van der Waals surface area (Å²) in [6.45, 7) is 1.73. The minimum absolute atomic E-state index is 0.0954. The number of hydrogen-bond donors (Lipinski definition) is 2. The summed E-state index contributed by atoms with van der Waals surface area (Å²) in [5.41, 5.74) is 6.08. The van der Waals surface area contributed by atoms with Crippen molar-refractivity contribution in [3.63, 3.8) is 0 Å². The predicted octanol–water partition coefficient (Wildman–Crippen LogP) is 2.08. The molecule has 124 valence electrons. The maximum atomic E-state index is 12.5. The van der Waals surface area contributed by atoms with Gasteiger partial charge in [-0.15, -0.1) is 0 Å². The number of amides is 2. The van der Waals surface area contributed by atoms with Crippen molar-refractivity contribution in [2.75, 3.05) is 23.3 Å². The van der Waals surface area contributed by atoms with Gasteiger partial charge in [-0.25, -0.2) is 9.97 Å². The molecule has 2 heterocycles. The molecule has 24 heavy (non-hydrogen) atoms. The highest BCUT2D eigenvalue weighted by Gasteiger charge is 2.19. The second kappa shape index (κ2) is 6.84. The van der Waals surface area contributed by atoms with Crippen molar-refractivity contribution in [3.8, 4) is 0 Å². The fourth-order valence-electron chi connectivity index (χ4n) is 2.53. The zero-order chi connectivity index (χ0) is 17.1. The van der Waals surface area contributed by atoms with E-state index in [-0.39, 0.29) is 10.7 Å². The summed E-state index contributed by atoms with van der Waals surface area (Å²) in [6.07, 6.45) is 3.58. The standard InChI is InChI=1S/C16H16ClN5O2/c17-12-9-19-16(22-6-1-2-7-22)21-13(12)15(24)20-11-5-3-4-10(8-11)14(18)23/h3-5,8-9H,1-2,6-7H2,(H2,18,23)(H,20,24). The van der Waals surface area contributed by atoms with Crippen LogP contribution in [0.1, 0.15) is 33.7 Å². The maximum absolute atomic E-state index is 12.5. The van der Waals surface area contributed by atoms with Crippen LogP contribution in [0, 0.1) is 0 Å². The number of aromatic nitrogens is 2. The summed E-state index contributed by atoms with van der Waals surface area (Å²) >= 11 is 6.07. The van der Waals surface area contributed by atoms with Crippen LogP contribution in [0.15, 0.2) is 30.5 Å². The van der Waals surface area contributed by atoms with Gasteiger partial charge in [-0.2, -0.15) is 0 Å². The molecule has 1 aromatic heterocycles. The topological polar surface area (TPSA) is 101 Å². The Kier molecular flexibility index (Phi) is 4.61. The summed E-state index contributed by atoms with van der Waals surface area (Å²) < 4.78 is 0. The summed E-state index contributed by atoms with van der Waals surface area (Å²) in [5, 5.41) is 2.84. The minimum Gasteiger partial charge on any atom is -0.366 e. The quantitative estimate of drug-likeness (QED) is 0.883. The van der Waals surface area contributed by atoms with Crippen LogP contribution in [-0.4, -0.2) is 34.9 Å². The van der Waals surface area contributed by atoms with Gasteiger partial charge in [0.05, 0.1) is 11.2 Å². The number of nitrogens with zero attached hydrogens (tertiary/aromatic N) is 3. The fraction of sp³-hybridized carbons (Fsp3) is 0.250. The molecule has 3 rings (SSSR count). The van der Waals surface area contributed by atoms with Gasteiger partial charge in [0, 0.05) is 24.3 Å². The number of benzene rings is 1. The molecule has 0 radical (unpaired) electrons. The molecule has 1 aromatic carbocycles. The lowest BCUT2D eigenvalue weighted by Gasteiger charge is -2.16. The lowest BCUT2D eigenvalue weighted by Crippen LogP contribution is -2.23. The normalized spacial score (nSPS) is 13.8. The molecule has 0 saturated carbocycles. The van der Waals surface area contributed by atoms with Gasteiger partial charge in [0.25, 0.3) is 5.91 Å². The van der Waals surface area contributed by atoms with Crippen molar-refractivity contribution in [3.05, 3.63) is 46.7 Å². The molecule has 0 aliphatic carbocycles. The third-order valence-electron chi connectivity index (χ3n) is 3.74. The lowest BCUT2D eigenvalue weighted by molar-refractivity contribution is 0.0995. The number of nitrogens with two attached hydrogens (primary N) is 1. The first-order chi connectivity index (χ1) is 11.5. The van der Waals surface area contributed by atoms with E-state index in [1.165, 1.54) is 12.3 Å². The Balaban J connectivity index is 1.83. The third-order valence-corrected chi connectivity index (χ3v) is 4.02. The Labute approximate surface area is 143 Å². The van der Waals surface area contributed by atoms with Crippen molar-refractivity contribution in [2.45, 2.75) is 12.8 Å². The van der Waals surface area contributed by atoms with Gasteiger partial charge >= 0.3 is 0 Å². The highest BCUT2D eigenvalue weighted by Crippen LogP contribution is 2.21. The zero-order valence-corrected chi connectivity index (χ0v) is 13.6. The minimum atomic E-state index is -0.567. The van der Waals surface area contributed by atoms with Gasteiger partial charge in [-0.1, -0.05) is 17.7 Å². The van der Waals surface area contributed by atoms with Crippen LogP contribution in [0.3, 0.4) is 0 Å². The van der Waals surface area contributed by atoms with Gasteiger partial charge in [0.2, 0.25) is 11.9 Å². The largest absolute Gasteiger partial charge is 0.366 e. The van der Waals surface area contributed by atoms with E-state index < -0.39 is 11.8 Å². The van der Waals surface area contributed by atoms with E-state index in [1.807, 2.05) is 4.90 Å². The Hall–Kier alpha value is -2.67. The molecular formula is C16H16ClN5O2. The number of carbonyl (C=O) groups excluding carboxylic acids is 2. The second-order valence-electron chi connectivity index (χ2n) is 5.46. The van der Waals surface area contributed by atoms with Crippen LogP contribution in [-0.2, 0) is 0 Å². The van der Waals surface area contributed by atoms with E-state index in [0.717, 1.165) is 25.9 Å². The van der Waals surface area contributed by atoms with E-state index in [9.17, 15) is 9.59 Å². The molecule has 2 aromatic rings. The van der Waals surface area contributed by atoms with E-state index >= 15 is 0 Å². The number of halogens is 1. The average Bonchev–Trinajstić information content (AvgIpc) is 3.10. The first kappa shape index (κ1) is 16.2. The van der Waals surface area contributed by atoms with Crippen LogP contribution in [0.4, 0.5) is 11.6 Å². The van der Waals surface area contributed by atoms with Gasteiger partial charge in [0.15, 0.2) is 5.69 Å². The molecule has 7 nitrogen and oxygen atoms in total. The molecule has 0 bridgehead atoms. The van der Waals surface area contributed by atoms with Gasteiger partial charge in [0.1, 0.15) is 0 Å². The van der Waals surface area contributed by atoms with Crippen LogP contribution in [0.5, 0.6) is 0 Å². The van der Waals surface area contributed by atoms with Crippen molar-refractivity contribution in [1.29, 1.82) is 0 Å². The van der Waals surface area contributed by atoms with Gasteiger partial charge in [-0.3, -0.25) is 9.59 Å². The van der Waals surface area contributed by atoms with Crippen LogP contribution in [0.2, 0.25) is 5.02 Å². The third kappa shape index (κ3) is 3.46. The van der Waals surface area contributed by atoms with Crippen molar-refractivity contribution < 1.29 is 9.59 Å². The first-order valence-electron chi connectivity index (χ1n) is 7.53. The van der Waals surface area contributed by atoms with Crippen molar-refractivity contribution >= 4 is 35.1 Å². The van der Waals surface area contributed by atoms with Gasteiger partial charge < -0.3 is 16.0 Å². The van der Waals surface area contributed by atoms with Crippen LogP contribution >= 0.6 is 11.6 Å². The molecule has 1 aliphatic heterocycles. The highest BCUT2D eigenvalue weighted by molar-refractivity contribution is 6.34. The van der Waals surface area contributed by atoms with Crippen LogP contribution < -0.4 is 16.0 Å². The Morgan fingerprint density at radius 2 is 2.00 bits per heavy atom. The number of carbonyl (C=O) groups is 2. The summed E-state index contributed by atoms with van der Waals surface area (Å²) in [7, 11) is 0. The van der Waals surface area contributed by atoms with E-state index in [1.54, 1.807) is 18.2 Å². The SMILES string of the molecule is NC(=O)c1cccc(NC(=O)c2nc(N3CCCC3)ncc2Cl)c1. The number of hydrogen-bond acceptors (Lipinski definition) is 5. The monoisotopic (exact) mass is 345 g/mol. The smallest absolute Gasteiger partial charge is 0.276 e. The fourth-order valence-corrected chi connectivity index (χ4v) is 2.70. The zero-order valence-electron chi connectivity index (χ0n) is 12.8. The van der Waals surface area contributed by atoms with Crippen molar-refractivity contribution in [2.24, 2.45) is 5.73 Å².